The molecule has 6 nitrogen and oxygen atoms in total. The first-order valence-corrected chi connectivity index (χ1v) is 9.46. The number of amides is 1. The summed E-state index contributed by atoms with van der Waals surface area (Å²) in [5.41, 5.74) is 1.70. The van der Waals surface area contributed by atoms with Crippen LogP contribution in [0.3, 0.4) is 0 Å². The summed E-state index contributed by atoms with van der Waals surface area (Å²) >= 11 is 0. The van der Waals surface area contributed by atoms with E-state index in [-0.39, 0.29) is 16.9 Å². The van der Waals surface area contributed by atoms with E-state index in [0.717, 1.165) is 30.5 Å². The molecule has 0 saturated carbocycles. The van der Waals surface area contributed by atoms with Crippen LogP contribution in [0.25, 0.3) is 0 Å². The average Bonchev–Trinajstić information content (AvgIpc) is 3.01. The quantitative estimate of drug-likeness (QED) is 0.901. The smallest absolute Gasteiger partial charge is 0.240 e. The number of benzene rings is 1. The fourth-order valence-electron chi connectivity index (χ4n) is 3.08. The number of anilines is 1. The number of fused-ring (bicyclic) bond motifs is 1. The van der Waals surface area contributed by atoms with Crippen LogP contribution in [0.15, 0.2) is 23.1 Å². The van der Waals surface area contributed by atoms with Gasteiger partial charge in [-0.3, -0.25) is 4.79 Å². The third-order valence-corrected chi connectivity index (χ3v) is 5.88. The first-order valence-electron chi connectivity index (χ1n) is 7.98. The summed E-state index contributed by atoms with van der Waals surface area (Å²) in [7, 11) is -1.83. The molecule has 1 N–H and O–H groups in total. The Kier molecular flexibility index (Phi) is 4.70. The van der Waals surface area contributed by atoms with E-state index in [4.69, 9.17) is 4.74 Å². The van der Waals surface area contributed by atoms with Crippen LogP contribution in [0.4, 0.5) is 5.69 Å². The minimum atomic E-state index is -3.56. The normalized spacial score (nSPS) is 22.0. The summed E-state index contributed by atoms with van der Waals surface area (Å²) in [4.78, 5) is 13.7. The van der Waals surface area contributed by atoms with E-state index < -0.39 is 10.0 Å². The molecule has 126 valence electrons. The Morgan fingerprint density at radius 3 is 2.87 bits per heavy atom. The van der Waals surface area contributed by atoms with Crippen molar-refractivity contribution in [2.75, 3.05) is 25.1 Å². The maximum absolute atomic E-state index is 12.5. The van der Waals surface area contributed by atoms with Crippen molar-refractivity contribution in [3.63, 3.8) is 0 Å². The van der Waals surface area contributed by atoms with Crippen molar-refractivity contribution in [2.24, 2.45) is 0 Å². The predicted molar refractivity (Wildman–Crippen MR) is 87.0 cm³/mol. The van der Waals surface area contributed by atoms with Gasteiger partial charge in [-0.05, 0) is 49.4 Å². The van der Waals surface area contributed by atoms with Crippen LogP contribution in [0, 0.1) is 0 Å². The number of hydrogen-bond donors (Lipinski definition) is 1. The zero-order chi connectivity index (χ0) is 16.4. The summed E-state index contributed by atoms with van der Waals surface area (Å²) in [6.07, 6.45) is 3.77. The van der Waals surface area contributed by atoms with Gasteiger partial charge in [0.2, 0.25) is 15.9 Å². The van der Waals surface area contributed by atoms with Gasteiger partial charge in [0.1, 0.15) is 0 Å². The maximum Gasteiger partial charge on any atom is 0.240 e. The fourth-order valence-corrected chi connectivity index (χ4v) is 4.20. The van der Waals surface area contributed by atoms with Crippen molar-refractivity contribution in [2.45, 2.75) is 43.1 Å². The first-order chi connectivity index (χ1) is 11.0. The van der Waals surface area contributed by atoms with Crippen LogP contribution in [-0.4, -0.2) is 40.6 Å². The first kappa shape index (κ1) is 16.4. The molecule has 2 aliphatic heterocycles. The number of ether oxygens (including phenoxy) is 1. The Hall–Kier alpha value is -1.44. The maximum atomic E-state index is 12.5. The lowest BCUT2D eigenvalue weighted by Gasteiger charge is -2.18. The van der Waals surface area contributed by atoms with Crippen LogP contribution >= 0.6 is 0 Å². The van der Waals surface area contributed by atoms with E-state index in [0.29, 0.717) is 26.0 Å². The monoisotopic (exact) mass is 338 g/mol. The van der Waals surface area contributed by atoms with Crippen molar-refractivity contribution >= 4 is 21.6 Å². The second-order valence-corrected chi connectivity index (χ2v) is 7.85. The van der Waals surface area contributed by atoms with E-state index in [1.165, 1.54) is 0 Å². The second kappa shape index (κ2) is 6.59. The minimum Gasteiger partial charge on any atom is -0.377 e. The molecule has 1 atom stereocenters. The molecule has 1 amide bonds. The molecule has 1 saturated heterocycles. The molecule has 1 aromatic rings. The molecule has 1 aromatic carbocycles. The van der Waals surface area contributed by atoms with Gasteiger partial charge in [0, 0.05) is 32.3 Å². The lowest BCUT2D eigenvalue weighted by atomic mass is 10.1. The van der Waals surface area contributed by atoms with E-state index in [2.05, 4.69) is 4.72 Å². The Morgan fingerprint density at radius 1 is 1.30 bits per heavy atom. The Bertz CT molecular complexity index is 696. The molecule has 0 spiro atoms. The van der Waals surface area contributed by atoms with Gasteiger partial charge in [0.15, 0.2) is 0 Å². The number of aryl methyl sites for hydroxylation is 1. The largest absolute Gasteiger partial charge is 0.377 e. The number of rotatable bonds is 4. The van der Waals surface area contributed by atoms with Gasteiger partial charge in [0.05, 0.1) is 11.0 Å². The van der Waals surface area contributed by atoms with Gasteiger partial charge in [-0.15, -0.1) is 0 Å². The van der Waals surface area contributed by atoms with Gasteiger partial charge in [-0.1, -0.05) is 0 Å². The van der Waals surface area contributed by atoms with Crippen LogP contribution in [0.5, 0.6) is 0 Å². The van der Waals surface area contributed by atoms with E-state index in [1.807, 2.05) is 0 Å². The highest BCUT2D eigenvalue weighted by atomic mass is 32.2. The number of nitrogens with zero attached hydrogens (tertiary/aromatic N) is 1. The summed E-state index contributed by atoms with van der Waals surface area (Å²) in [6.45, 7) is 1.00. The van der Waals surface area contributed by atoms with Gasteiger partial charge in [-0.25, -0.2) is 13.1 Å². The average molecular weight is 338 g/mol. The van der Waals surface area contributed by atoms with Gasteiger partial charge >= 0.3 is 0 Å². The highest BCUT2D eigenvalue weighted by molar-refractivity contribution is 7.89. The standard InChI is InChI=1S/C16H22N2O4S/c1-18-15-8-7-14(10-12(15)4-2-6-16(18)19)23(20,21)17-11-13-5-3-9-22-13/h7-8,10,13,17H,2-6,9,11H2,1H3/t13-/m1/s1. The SMILES string of the molecule is CN1C(=O)CCCc2cc(S(=O)(=O)NC[C@H]3CCCO3)ccc21. The molecule has 3 rings (SSSR count). The molecular weight excluding hydrogens is 316 g/mol. The summed E-state index contributed by atoms with van der Waals surface area (Å²) in [6, 6.07) is 4.97. The van der Waals surface area contributed by atoms with Crippen molar-refractivity contribution in [3.8, 4) is 0 Å². The van der Waals surface area contributed by atoms with E-state index >= 15 is 0 Å². The summed E-state index contributed by atoms with van der Waals surface area (Å²) in [5.74, 6) is 0.0656. The Morgan fingerprint density at radius 2 is 2.13 bits per heavy atom. The lowest BCUT2D eigenvalue weighted by Crippen LogP contribution is -2.32. The zero-order valence-corrected chi connectivity index (χ0v) is 14.1. The number of sulfonamides is 1. The van der Waals surface area contributed by atoms with Crippen LogP contribution in [0.1, 0.15) is 31.2 Å². The topological polar surface area (TPSA) is 75.7 Å². The molecule has 0 aliphatic carbocycles. The molecule has 7 heteroatoms. The fraction of sp³-hybridized carbons (Fsp3) is 0.562. The molecule has 0 radical (unpaired) electrons. The van der Waals surface area contributed by atoms with Crippen LogP contribution in [0.2, 0.25) is 0 Å². The second-order valence-electron chi connectivity index (χ2n) is 6.08. The molecule has 2 heterocycles. The lowest BCUT2D eigenvalue weighted by molar-refractivity contribution is -0.118. The molecule has 0 bridgehead atoms. The molecule has 1 fully saturated rings. The summed E-state index contributed by atoms with van der Waals surface area (Å²) in [5, 5.41) is 0. The minimum absolute atomic E-state index is 0.0330. The summed E-state index contributed by atoms with van der Waals surface area (Å²) < 4.78 is 33.0. The van der Waals surface area contributed by atoms with Gasteiger partial charge in [0.25, 0.3) is 0 Å². The third-order valence-electron chi connectivity index (χ3n) is 4.46. The van der Waals surface area contributed by atoms with Crippen molar-refractivity contribution in [1.82, 2.24) is 4.72 Å². The highest BCUT2D eigenvalue weighted by Crippen LogP contribution is 2.28. The number of carbonyl (C=O) groups excluding carboxylic acids is 1. The van der Waals surface area contributed by atoms with Crippen LogP contribution in [-0.2, 0) is 26.0 Å². The molecular formula is C16H22N2O4S. The van der Waals surface area contributed by atoms with E-state index in [9.17, 15) is 13.2 Å². The van der Waals surface area contributed by atoms with Crippen molar-refractivity contribution in [1.29, 1.82) is 0 Å². The van der Waals surface area contributed by atoms with Crippen molar-refractivity contribution < 1.29 is 17.9 Å². The Labute approximate surface area is 136 Å². The number of carbonyl (C=O) groups is 1. The van der Waals surface area contributed by atoms with Crippen molar-refractivity contribution in [3.05, 3.63) is 23.8 Å². The third kappa shape index (κ3) is 3.57. The highest BCUT2D eigenvalue weighted by Gasteiger charge is 2.23. The Balaban J connectivity index is 1.80. The molecule has 23 heavy (non-hydrogen) atoms. The predicted octanol–water partition coefficient (Wildman–Crippen LogP) is 1.44. The van der Waals surface area contributed by atoms with Crippen LogP contribution < -0.4 is 9.62 Å². The number of nitrogens with one attached hydrogen (secondary N) is 1. The molecule has 0 unspecified atom stereocenters. The van der Waals surface area contributed by atoms with Gasteiger partial charge < -0.3 is 9.64 Å². The van der Waals surface area contributed by atoms with Gasteiger partial charge in [-0.2, -0.15) is 0 Å². The molecule has 0 aromatic heterocycles. The molecule has 2 aliphatic rings. The van der Waals surface area contributed by atoms with E-state index in [1.54, 1.807) is 30.1 Å². The number of hydrogen-bond acceptors (Lipinski definition) is 4. The zero-order valence-electron chi connectivity index (χ0n) is 13.2.